The van der Waals surface area contributed by atoms with E-state index in [2.05, 4.69) is 0 Å². The maximum absolute atomic E-state index is 11.6. The summed E-state index contributed by atoms with van der Waals surface area (Å²) >= 11 is 0. The number of amides is 1. The molecule has 0 spiro atoms. The molecule has 0 aliphatic rings. The summed E-state index contributed by atoms with van der Waals surface area (Å²) in [5.41, 5.74) is 11.3. The van der Waals surface area contributed by atoms with E-state index in [1.54, 1.807) is 10.8 Å². The van der Waals surface area contributed by atoms with Crippen LogP contribution in [0.2, 0.25) is 0 Å². The molecule has 1 aromatic heterocycles. The van der Waals surface area contributed by atoms with Crippen molar-refractivity contribution in [3.8, 4) is 0 Å². The molecule has 6 heteroatoms. The van der Waals surface area contributed by atoms with Crippen LogP contribution in [0.3, 0.4) is 0 Å². The number of hydrogen-bond donors (Lipinski definition) is 2. The van der Waals surface area contributed by atoms with Crippen LogP contribution < -0.4 is 11.5 Å². The fourth-order valence-corrected chi connectivity index (χ4v) is 1.30. The van der Waals surface area contributed by atoms with Gasteiger partial charge in [0.2, 0.25) is 0 Å². The molecule has 0 atom stereocenters. The molecule has 6 nitrogen and oxygen atoms in total. The first-order valence-electron chi connectivity index (χ1n) is 4.84. The van der Waals surface area contributed by atoms with Crippen LogP contribution in [-0.2, 0) is 9.53 Å². The molecule has 88 valence electrons. The number of primary amides is 1. The van der Waals surface area contributed by atoms with Crippen LogP contribution in [0.5, 0.6) is 0 Å². The Morgan fingerprint density at radius 2 is 2.12 bits per heavy atom. The SMILES string of the molecule is CC(C)n1cc(N)cc1C(=O)OCC(N)=O. The maximum atomic E-state index is 11.6. The Kier molecular flexibility index (Phi) is 3.55. The standard InChI is InChI=1S/C10H15N3O3/c1-6(2)13-4-7(11)3-8(13)10(15)16-5-9(12)14/h3-4,6H,5,11H2,1-2H3,(H2,12,14). The van der Waals surface area contributed by atoms with Gasteiger partial charge < -0.3 is 20.8 Å². The summed E-state index contributed by atoms with van der Waals surface area (Å²) < 4.78 is 6.38. The summed E-state index contributed by atoms with van der Waals surface area (Å²) in [4.78, 5) is 22.1. The van der Waals surface area contributed by atoms with Crippen molar-refractivity contribution in [2.75, 3.05) is 12.3 Å². The van der Waals surface area contributed by atoms with Crippen molar-refractivity contribution in [2.45, 2.75) is 19.9 Å². The Bertz CT molecular complexity index is 409. The van der Waals surface area contributed by atoms with Gasteiger partial charge in [-0.05, 0) is 19.9 Å². The summed E-state index contributed by atoms with van der Waals surface area (Å²) in [5.74, 6) is -1.30. The number of carbonyl (C=O) groups is 2. The molecule has 0 radical (unpaired) electrons. The van der Waals surface area contributed by atoms with E-state index in [0.29, 0.717) is 11.4 Å². The molecule has 0 unspecified atom stereocenters. The minimum atomic E-state index is -0.691. The molecule has 0 aromatic carbocycles. The first-order valence-corrected chi connectivity index (χ1v) is 4.84. The van der Waals surface area contributed by atoms with Gasteiger partial charge in [0.15, 0.2) is 6.61 Å². The Morgan fingerprint density at radius 3 is 2.62 bits per heavy atom. The van der Waals surface area contributed by atoms with Crippen LogP contribution in [0, 0.1) is 0 Å². The zero-order chi connectivity index (χ0) is 12.3. The Labute approximate surface area is 93.2 Å². The van der Waals surface area contributed by atoms with Crippen molar-refractivity contribution in [1.82, 2.24) is 4.57 Å². The van der Waals surface area contributed by atoms with Crippen LogP contribution in [0.25, 0.3) is 0 Å². The van der Waals surface area contributed by atoms with Crippen LogP contribution in [-0.4, -0.2) is 23.1 Å². The van der Waals surface area contributed by atoms with E-state index in [-0.39, 0.29) is 6.04 Å². The minimum absolute atomic E-state index is 0.0772. The normalized spacial score (nSPS) is 10.4. The van der Waals surface area contributed by atoms with Gasteiger partial charge in [0.25, 0.3) is 5.91 Å². The number of esters is 1. The number of nitrogens with zero attached hydrogens (tertiary/aromatic N) is 1. The zero-order valence-corrected chi connectivity index (χ0v) is 9.27. The van der Waals surface area contributed by atoms with Gasteiger partial charge >= 0.3 is 5.97 Å². The number of anilines is 1. The smallest absolute Gasteiger partial charge is 0.355 e. The van der Waals surface area contributed by atoms with Gasteiger partial charge in [0, 0.05) is 12.2 Å². The molecular weight excluding hydrogens is 210 g/mol. The second-order valence-electron chi connectivity index (χ2n) is 3.70. The van der Waals surface area contributed by atoms with Crippen LogP contribution in [0.1, 0.15) is 30.4 Å². The van der Waals surface area contributed by atoms with E-state index < -0.39 is 18.5 Å². The summed E-state index contributed by atoms with van der Waals surface area (Å²) in [6.45, 7) is 3.39. The average molecular weight is 225 g/mol. The molecule has 0 saturated carbocycles. The largest absolute Gasteiger partial charge is 0.451 e. The molecule has 1 aromatic rings. The second kappa shape index (κ2) is 4.69. The number of hydrogen-bond acceptors (Lipinski definition) is 4. The van der Waals surface area contributed by atoms with Gasteiger partial charge in [-0.2, -0.15) is 0 Å². The predicted octanol–water partition coefficient (Wildman–Crippen LogP) is 0.293. The number of aromatic nitrogens is 1. The number of nitrogen functional groups attached to an aromatic ring is 1. The molecule has 1 amide bonds. The third-order valence-electron chi connectivity index (χ3n) is 1.98. The van der Waals surface area contributed by atoms with Gasteiger partial charge in [-0.3, -0.25) is 4.79 Å². The van der Waals surface area contributed by atoms with Crippen molar-refractivity contribution in [1.29, 1.82) is 0 Å². The fourth-order valence-electron chi connectivity index (χ4n) is 1.30. The molecule has 0 bridgehead atoms. The zero-order valence-electron chi connectivity index (χ0n) is 9.27. The number of nitrogens with two attached hydrogens (primary N) is 2. The topological polar surface area (TPSA) is 100 Å². The fraction of sp³-hybridized carbons (Fsp3) is 0.400. The van der Waals surface area contributed by atoms with Crippen molar-refractivity contribution in [3.05, 3.63) is 18.0 Å². The monoisotopic (exact) mass is 225 g/mol. The molecule has 16 heavy (non-hydrogen) atoms. The third kappa shape index (κ3) is 2.75. The first-order chi connectivity index (χ1) is 7.41. The molecule has 1 rings (SSSR count). The minimum Gasteiger partial charge on any atom is -0.451 e. The van der Waals surface area contributed by atoms with Gasteiger partial charge in [0.05, 0.1) is 5.69 Å². The van der Waals surface area contributed by atoms with E-state index in [1.165, 1.54) is 6.07 Å². The Balaban J connectivity index is 2.86. The highest BCUT2D eigenvalue weighted by Gasteiger charge is 2.16. The highest BCUT2D eigenvalue weighted by atomic mass is 16.5. The highest BCUT2D eigenvalue weighted by Crippen LogP contribution is 2.17. The van der Waals surface area contributed by atoms with Crippen LogP contribution in [0.4, 0.5) is 5.69 Å². The Hall–Kier alpha value is -1.98. The van der Waals surface area contributed by atoms with E-state index >= 15 is 0 Å². The number of ether oxygens (including phenoxy) is 1. The van der Waals surface area contributed by atoms with Crippen molar-refractivity contribution < 1.29 is 14.3 Å². The summed E-state index contributed by atoms with van der Waals surface area (Å²) in [7, 11) is 0. The lowest BCUT2D eigenvalue weighted by Gasteiger charge is -2.11. The third-order valence-corrected chi connectivity index (χ3v) is 1.98. The van der Waals surface area contributed by atoms with Crippen LogP contribution in [0.15, 0.2) is 12.3 Å². The Morgan fingerprint density at radius 1 is 1.50 bits per heavy atom. The number of carbonyl (C=O) groups excluding carboxylic acids is 2. The molecule has 4 N–H and O–H groups in total. The molecule has 0 aliphatic heterocycles. The second-order valence-corrected chi connectivity index (χ2v) is 3.70. The van der Waals surface area contributed by atoms with Crippen molar-refractivity contribution >= 4 is 17.6 Å². The summed E-state index contributed by atoms with van der Waals surface area (Å²) in [6, 6.07) is 1.58. The van der Waals surface area contributed by atoms with E-state index in [1.807, 2.05) is 13.8 Å². The van der Waals surface area contributed by atoms with Gasteiger partial charge in [-0.1, -0.05) is 0 Å². The highest BCUT2D eigenvalue weighted by molar-refractivity contribution is 5.90. The van der Waals surface area contributed by atoms with Crippen molar-refractivity contribution in [2.24, 2.45) is 5.73 Å². The molecule has 0 saturated heterocycles. The summed E-state index contributed by atoms with van der Waals surface area (Å²) in [5, 5.41) is 0. The quantitative estimate of drug-likeness (QED) is 0.719. The average Bonchev–Trinajstić information content (AvgIpc) is 2.56. The molecular formula is C10H15N3O3. The van der Waals surface area contributed by atoms with Crippen molar-refractivity contribution in [3.63, 3.8) is 0 Å². The first kappa shape index (κ1) is 12.1. The number of rotatable bonds is 4. The van der Waals surface area contributed by atoms with Crippen LogP contribution >= 0.6 is 0 Å². The maximum Gasteiger partial charge on any atom is 0.355 e. The summed E-state index contributed by atoms with van der Waals surface area (Å²) in [6.07, 6.45) is 1.64. The van der Waals surface area contributed by atoms with Gasteiger partial charge in [-0.25, -0.2) is 4.79 Å². The molecule has 1 heterocycles. The lowest BCUT2D eigenvalue weighted by atomic mass is 10.3. The lowest BCUT2D eigenvalue weighted by Crippen LogP contribution is -2.22. The van der Waals surface area contributed by atoms with E-state index in [4.69, 9.17) is 16.2 Å². The predicted molar refractivity (Wildman–Crippen MR) is 58.7 cm³/mol. The van der Waals surface area contributed by atoms with E-state index in [0.717, 1.165) is 0 Å². The lowest BCUT2D eigenvalue weighted by molar-refractivity contribution is -0.121. The van der Waals surface area contributed by atoms with Gasteiger partial charge in [0.1, 0.15) is 5.69 Å². The molecule has 0 aliphatic carbocycles. The van der Waals surface area contributed by atoms with E-state index in [9.17, 15) is 9.59 Å². The molecule has 0 fully saturated rings. The van der Waals surface area contributed by atoms with Gasteiger partial charge in [-0.15, -0.1) is 0 Å².